The molecule has 104 valence electrons. The zero-order valence-electron chi connectivity index (χ0n) is 11.0. The summed E-state index contributed by atoms with van der Waals surface area (Å²) >= 11 is 0. The minimum Gasteiger partial charge on any atom is -0.467 e. The topological polar surface area (TPSA) is 61.2 Å². The molecule has 0 unspecified atom stereocenters. The van der Waals surface area contributed by atoms with E-state index in [1.807, 2.05) is 0 Å². The summed E-state index contributed by atoms with van der Waals surface area (Å²) in [5, 5.41) is 4.12. The molecule has 1 atom stereocenters. The average molecular weight is 276 g/mol. The number of esters is 1. The second-order valence-corrected chi connectivity index (χ2v) is 4.21. The van der Waals surface area contributed by atoms with E-state index in [4.69, 9.17) is 0 Å². The van der Waals surface area contributed by atoms with Crippen molar-refractivity contribution in [3.63, 3.8) is 0 Å². The molecule has 0 saturated carbocycles. The van der Waals surface area contributed by atoms with Gasteiger partial charge in [-0.2, -0.15) is 5.10 Å². The first-order valence-corrected chi connectivity index (χ1v) is 5.96. The highest BCUT2D eigenvalue weighted by molar-refractivity contribution is 5.73. The van der Waals surface area contributed by atoms with Gasteiger partial charge >= 0.3 is 5.97 Å². The highest BCUT2D eigenvalue weighted by atomic mass is 19.1. The SMILES string of the molecule is COC(=O)[C@@H](C)n1nc(-c2ccc(F)cc2)ccc1=O. The van der Waals surface area contributed by atoms with Gasteiger partial charge in [0.25, 0.3) is 5.56 Å². The molecule has 5 nitrogen and oxygen atoms in total. The van der Waals surface area contributed by atoms with Crippen LogP contribution in [0, 0.1) is 5.82 Å². The second kappa shape index (κ2) is 5.64. The van der Waals surface area contributed by atoms with Gasteiger partial charge in [-0.25, -0.2) is 13.9 Å². The molecule has 1 aromatic heterocycles. The number of hydrogen-bond acceptors (Lipinski definition) is 4. The van der Waals surface area contributed by atoms with Gasteiger partial charge in [-0.3, -0.25) is 4.79 Å². The van der Waals surface area contributed by atoms with E-state index in [-0.39, 0.29) is 5.82 Å². The largest absolute Gasteiger partial charge is 0.467 e. The Morgan fingerprint density at radius 3 is 2.50 bits per heavy atom. The zero-order valence-corrected chi connectivity index (χ0v) is 11.0. The molecule has 20 heavy (non-hydrogen) atoms. The number of hydrogen-bond donors (Lipinski definition) is 0. The van der Waals surface area contributed by atoms with Crippen molar-refractivity contribution in [2.75, 3.05) is 7.11 Å². The van der Waals surface area contributed by atoms with Gasteiger partial charge < -0.3 is 4.74 Å². The first-order chi connectivity index (χ1) is 9.52. The predicted molar refractivity (Wildman–Crippen MR) is 70.6 cm³/mol. The van der Waals surface area contributed by atoms with Crippen LogP contribution in [0.25, 0.3) is 11.3 Å². The highest BCUT2D eigenvalue weighted by Crippen LogP contribution is 2.16. The van der Waals surface area contributed by atoms with Gasteiger partial charge in [-0.05, 0) is 37.3 Å². The van der Waals surface area contributed by atoms with Crippen LogP contribution in [0.5, 0.6) is 0 Å². The van der Waals surface area contributed by atoms with E-state index < -0.39 is 17.6 Å². The lowest BCUT2D eigenvalue weighted by atomic mass is 10.1. The molecule has 1 heterocycles. The molecule has 0 N–H and O–H groups in total. The third-order valence-electron chi connectivity index (χ3n) is 2.87. The number of carbonyl (C=O) groups excluding carboxylic acids is 1. The fraction of sp³-hybridized carbons (Fsp3) is 0.214. The molecule has 0 aliphatic rings. The monoisotopic (exact) mass is 276 g/mol. The molecule has 2 aromatic rings. The van der Waals surface area contributed by atoms with Crippen LogP contribution in [-0.4, -0.2) is 22.9 Å². The maximum atomic E-state index is 12.9. The lowest BCUT2D eigenvalue weighted by molar-refractivity contribution is -0.144. The Morgan fingerprint density at radius 2 is 1.90 bits per heavy atom. The fourth-order valence-corrected chi connectivity index (χ4v) is 1.75. The Hall–Kier alpha value is -2.50. The van der Waals surface area contributed by atoms with E-state index in [1.165, 1.54) is 38.3 Å². The van der Waals surface area contributed by atoms with Crippen LogP contribution < -0.4 is 5.56 Å². The van der Waals surface area contributed by atoms with Crippen LogP contribution >= 0.6 is 0 Å². The summed E-state index contributed by atoms with van der Waals surface area (Å²) in [5.41, 5.74) is 0.714. The lowest BCUT2D eigenvalue weighted by Crippen LogP contribution is -2.30. The molecule has 0 saturated heterocycles. The van der Waals surface area contributed by atoms with Crippen LogP contribution in [0.3, 0.4) is 0 Å². The van der Waals surface area contributed by atoms with Gasteiger partial charge in [0.15, 0.2) is 6.04 Å². The van der Waals surface area contributed by atoms with Gasteiger partial charge in [0.05, 0.1) is 12.8 Å². The highest BCUT2D eigenvalue weighted by Gasteiger charge is 2.18. The summed E-state index contributed by atoms with van der Waals surface area (Å²) in [6.07, 6.45) is 0. The molecule has 0 amide bonds. The summed E-state index contributed by atoms with van der Waals surface area (Å²) in [5.74, 6) is -0.916. The molecule has 0 aliphatic carbocycles. The van der Waals surface area contributed by atoms with Crippen molar-refractivity contribution < 1.29 is 13.9 Å². The number of halogens is 1. The third kappa shape index (κ3) is 2.74. The molecule has 2 rings (SSSR count). The predicted octanol–water partition coefficient (Wildman–Crippen LogP) is 1.78. The van der Waals surface area contributed by atoms with E-state index >= 15 is 0 Å². The van der Waals surface area contributed by atoms with Crippen molar-refractivity contribution in [2.24, 2.45) is 0 Å². The molecule has 0 spiro atoms. The van der Waals surface area contributed by atoms with Crippen LogP contribution in [0.4, 0.5) is 4.39 Å². The lowest BCUT2D eigenvalue weighted by Gasteiger charge is -2.12. The van der Waals surface area contributed by atoms with E-state index in [9.17, 15) is 14.0 Å². The minimum atomic E-state index is -0.826. The molecule has 0 aliphatic heterocycles. The molecule has 0 bridgehead atoms. The summed E-state index contributed by atoms with van der Waals surface area (Å²) in [7, 11) is 1.24. The second-order valence-electron chi connectivity index (χ2n) is 4.21. The van der Waals surface area contributed by atoms with E-state index in [2.05, 4.69) is 9.84 Å². The van der Waals surface area contributed by atoms with Crippen LogP contribution in [0.2, 0.25) is 0 Å². The normalized spacial score (nSPS) is 11.9. The van der Waals surface area contributed by atoms with Crippen molar-refractivity contribution in [3.05, 3.63) is 52.6 Å². The third-order valence-corrected chi connectivity index (χ3v) is 2.87. The number of ether oxygens (including phenoxy) is 1. The Bertz CT molecular complexity index is 680. The maximum absolute atomic E-state index is 12.9. The van der Waals surface area contributed by atoms with Crippen LogP contribution in [-0.2, 0) is 9.53 Å². The van der Waals surface area contributed by atoms with Gasteiger partial charge in [-0.1, -0.05) is 0 Å². The van der Waals surface area contributed by atoms with Gasteiger partial charge in [0.1, 0.15) is 5.82 Å². The van der Waals surface area contributed by atoms with E-state index in [0.717, 1.165) is 4.68 Å². The van der Waals surface area contributed by atoms with Crippen LogP contribution in [0.15, 0.2) is 41.2 Å². The van der Waals surface area contributed by atoms with Crippen molar-refractivity contribution in [2.45, 2.75) is 13.0 Å². The van der Waals surface area contributed by atoms with Crippen molar-refractivity contribution in [3.8, 4) is 11.3 Å². The van der Waals surface area contributed by atoms with Crippen molar-refractivity contribution in [1.29, 1.82) is 0 Å². The number of methoxy groups -OCH3 is 1. The first-order valence-electron chi connectivity index (χ1n) is 5.96. The van der Waals surface area contributed by atoms with Crippen molar-refractivity contribution >= 4 is 5.97 Å². The Labute approximate surface area is 114 Å². The Kier molecular flexibility index (Phi) is 3.93. The molecular formula is C14H13FN2O3. The standard InChI is InChI=1S/C14H13FN2O3/c1-9(14(19)20-2)17-13(18)8-7-12(16-17)10-3-5-11(15)6-4-10/h3-9H,1-2H3/t9-/m1/s1. The summed E-state index contributed by atoms with van der Waals surface area (Å²) in [6.45, 7) is 1.52. The number of carbonyl (C=O) groups is 1. The van der Waals surface area contributed by atoms with E-state index in [1.54, 1.807) is 12.1 Å². The number of benzene rings is 1. The Morgan fingerprint density at radius 1 is 1.25 bits per heavy atom. The minimum absolute atomic E-state index is 0.356. The molecule has 1 aromatic carbocycles. The molecule has 0 radical (unpaired) electrons. The van der Waals surface area contributed by atoms with Crippen LogP contribution in [0.1, 0.15) is 13.0 Å². The smallest absolute Gasteiger partial charge is 0.330 e. The maximum Gasteiger partial charge on any atom is 0.330 e. The van der Waals surface area contributed by atoms with Gasteiger partial charge in [-0.15, -0.1) is 0 Å². The Balaban J connectivity index is 2.45. The zero-order chi connectivity index (χ0) is 14.7. The molecule has 0 fully saturated rings. The summed E-state index contributed by atoms with van der Waals surface area (Å²) < 4.78 is 18.5. The number of rotatable bonds is 3. The van der Waals surface area contributed by atoms with Gasteiger partial charge in [0, 0.05) is 11.6 Å². The van der Waals surface area contributed by atoms with Gasteiger partial charge in [0.2, 0.25) is 0 Å². The fourth-order valence-electron chi connectivity index (χ4n) is 1.75. The average Bonchev–Trinajstić information content (AvgIpc) is 2.47. The summed E-state index contributed by atoms with van der Waals surface area (Å²) in [6, 6.07) is 7.71. The van der Waals surface area contributed by atoms with Crippen molar-refractivity contribution in [1.82, 2.24) is 9.78 Å². The molecule has 6 heteroatoms. The quantitative estimate of drug-likeness (QED) is 0.802. The summed E-state index contributed by atoms with van der Waals surface area (Å²) in [4.78, 5) is 23.2. The van der Waals surface area contributed by atoms with E-state index in [0.29, 0.717) is 11.3 Å². The first kappa shape index (κ1) is 13.9. The molecular weight excluding hydrogens is 263 g/mol. The number of nitrogens with zero attached hydrogens (tertiary/aromatic N) is 2. The number of aromatic nitrogens is 2.